The first-order chi connectivity index (χ1) is 24.6. The Balaban J connectivity index is 1.42. The molecule has 1 aliphatic carbocycles. The molecule has 0 aliphatic heterocycles. The summed E-state index contributed by atoms with van der Waals surface area (Å²) in [6.45, 7) is 14.3. The van der Waals surface area contributed by atoms with Crippen molar-refractivity contribution in [3.05, 3.63) is 164 Å². The molecule has 1 saturated carbocycles. The van der Waals surface area contributed by atoms with E-state index in [1.54, 1.807) is 0 Å². The van der Waals surface area contributed by atoms with Gasteiger partial charge in [0.15, 0.2) is 0 Å². The number of anilines is 3. The third-order valence-corrected chi connectivity index (χ3v) is 18.0. The molecule has 2 atom stereocenters. The van der Waals surface area contributed by atoms with Crippen LogP contribution in [-0.4, -0.2) is 8.07 Å². The highest BCUT2D eigenvalue weighted by Crippen LogP contribution is 2.54. The molecule has 0 saturated heterocycles. The van der Waals surface area contributed by atoms with Gasteiger partial charge in [-0.15, -0.1) is 11.3 Å². The zero-order valence-electron chi connectivity index (χ0n) is 30.5. The quantitative estimate of drug-likeness (QED) is 0.0771. The topological polar surface area (TPSA) is 3.24 Å². The Bertz CT molecular complexity index is 1990. The fourth-order valence-electron chi connectivity index (χ4n) is 7.91. The van der Waals surface area contributed by atoms with Gasteiger partial charge in [-0.2, -0.15) is 0 Å². The molecular weight excluding hydrogens is 766 g/mol. The lowest BCUT2D eigenvalue weighted by Gasteiger charge is -2.38. The molecule has 0 amide bonds. The predicted molar refractivity (Wildman–Crippen MR) is 230 cm³/mol. The van der Waals surface area contributed by atoms with Gasteiger partial charge in [-0.3, -0.25) is 0 Å². The standard InChI is InChI=1S/C47H47Br2NSi/c1-33(2)51(34(3)4,35(5)6)31-30-37-13-11-10-12-36(37)18-29-45(47-32-46(47)38-14-8-7-9-15-38)39-16-23-42(24-17-39)50(43-25-19-40(48)20-26-43)44-27-21-41(49)22-28-44/h7-28,33-35,46-47H,32H2,1-6H3. The van der Waals surface area contributed by atoms with E-state index in [0.717, 1.165) is 43.6 Å². The van der Waals surface area contributed by atoms with Crippen LogP contribution >= 0.6 is 31.9 Å². The van der Waals surface area contributed by atoms with Gasteiger partial charge in [0.2, 0.25) is 0 Å². The van der Waals surface area contributed by atoms with E-state index in [2.05, 4.69) is 229 Å². The summed E-state index contributed by atoms with van der Waals surface area (Å²) in [4.78, 5) is 2.30. The molecule has 5 aromatic carbocycles. The second kappa shape index (κ2) is 16.2. The number of allylic oxidation sites excluding steroid dienone is 1. The van der Waals surface area contributed by atoms with Crippen LogP contribution in [0.25, 0.3) is 11.6 Å². The maximum atomic E-state index is 3.95. The highest BCUT2D eigenvalue weighted by Gasteiger charge is 2.42. The van der Waals surface area contributed by atoms with E-state index in [1.165, 1.54) is 16.7 Å². The largest absolute Gasteiger partial charge is 0.311 e. The number of hydrogen-bond donors (Lipinski definition) is 0. The molecule has 0 radical (unpaired) electrons. The van der Waals surface area contributed by atoms with Gasteiger partial charge < -0.3 is 4.90 Å². The lowest BCUT2D eigenvalue weighted by atomic mass is 9.97. The number of benzene rings is 5. The van der Waals surface area contributed by atoms with Crippen molar-refractivity contribution in [3.63, 3.8) is 0 Å². The van der Waals surface area contributed by atoms with E-state index in [9.17, 15) is 0 Å². The van der Waals surface area contributed by atoms with Crippen molar-refractivity contribution in [1.82, 2.24) is 0 Å². The summed E-state index contributed by atoms with van der Waals surface area (Å²) in [5.41, 5.74) is 19.0. The van der Waals surface area contributed by atoms with E-state index in [-0.39, 0.29) is 0 Å². The second-order valence-electron chi connectivity index (χ2n) is 14.6. The first kappa shape index (κ1) is 36.9. The van der Waals surface area contributed by atoms with Crippen molar-refractivity contribution < 1.29 is 0 Å². The zero-order valence-corrected chi connectivity index (χ0v) is 34.7. The third kappa shape index (κ3) is 8.30. The van der Waals surface area contributed by atoms with Crippen LogP contribution in [0.2, 0.25) is 16.6 Å². The fraction of sp³-hybridized carbons (Fsp3) is 0.255. The summed E-state index contributed by atoms with van der Waals surface area (Å²) in [5.74, 6) is 4.62. The molecule has 1 fully saturated rings. The smallest absolute Gasteiger partial charge is 0.146 e. The number of hydrogen-bond acceptors (Lipinski definition) is 1. The normalized spacial score (nSPS) is 15.3. The first-order valence-electron chi connectivity index (χ1n) is 18.1. The van der Waals surface area contributed by atoms with E-state index >= 15 is 0 Å². The summed E-state index contributed by atoms with van der Waals surface area (Å²) < 4.78 is 2.12. The van der Waals surface area contributed by atoms with Crippen LogP contribution < -0.4 is 4.90 Å². The Morgan fingerprint density at radius 3 is 1.67 bits per heavy atom. The molecule has 6 rings (SSSR count). The van der Waals surface area contributed by atoms with Crippen LogP contribution in [0, 0.1) is 17.4 Å². The minimum Gasteiger partial charge on any atom is -0.311 e. The van der Waals surface area contributed by atoms with Crippen molar-refractivity contribution in [2.24, 2.45) is 5.92 Å². The van der Waals surface area contributed by atoms with Crippen LogP contribution in [-0.2, 0) is 0 Å². The average Bonchev–Trinajstić information content (AvgIpc) is 3.92. The maximum absolute atomic E-state index is 3.95. The molecule has 2 unspecified atom stereocenters. The fourth-order valence-corrected chi connectivity index (χ4v) is 13.7. The Kier molecular flexibility index (Phi) is 11.8. The van der Waals surface area contributed by atoms with Gasteiger partial charge >= 0.3 is 0 Å². The van der Waals surface area contributed by atoms with Crippen molar-refractivity contribution >= 4 is 68.6 Å². The molecule has 0 spiro atoms. The monoisotopic (exact) mass is 811 g/mol. The van der Waals surface area contributed by atoms with Crippen LogP contribution in [0.4, 0.5) is 17.1 Å². The van der Waals surface area contributed by atoms with Crippen molar-refractivity contribution in [2.45, 2.75) is 70.5 Å². The van der Waals surface area contributed by atoms with Gasteiger partial charge in [0.1, 0.15) is 8.07 Å². The third-order valence-electron chi connectivity index (χ3n) is 10.6. The number of nitrogens with zero attached hydrogens (tertiary/aromatic N) is 1. The average molecular weight is 814 g/mol. The summed E-state index contributed by atoms with van der Waals surface area (Å²) in [5, 5.41) is 0. The lowest BCUT2D eigenvalue weighted by Crippen LogP contribution is -2.43. The Morgan fingerprint density at radius 2 is 1.14 bits per heavy atom. The van der Waals surface area contributed by atoms with Gasteiger partial charge in [0.25, 0.3) is 0 Å². The van der Waals surface area contributed by atoms with Gasteiger partial charge in [-0.1, -0.05) is 140 Å². The van der Waals surface area contributed by atoms with Gasteiger partial charge in [0.05, 0.1) is 0 Å². The first-order valence-corrected chi connectivity index (χ1v) is 22.0. The van der Waals surface area contributed by atoms with E-state index in [4.69, 9.17) is 0 Å². The second-order valence-corrected chi connectivity index (χ2v) is 22.0. The van der Waals surface area contributed by atoms with Gasteiger partial charge in [-0.25, -0.2) is 0 Å². The predicted octanol–water partition coefficient (Wildman–Crippen LogP) is 14.8. The summed E-state index contributed by atoms with van der Waals surface area (Å²) in [6, 6.07) is 45.6. The van der Waals surface area contributed by atoms with Crippen LogP contribution in [0.1, 0.15) is 76.1 Å². The molecule has 0 bridgehead atoms. The summed E-state index contributed by atoms with van der Waals surface area (Å²) in [6.07, 6.45) is 3.31. The van der Waals surface area contributed by atoms with Crippen LogP contribution in [0.15, 0.2) is 142 Å². The van der Waals surface area contributed by atoms with E-state index in [1.807, 2.05) is 0 Å². The Labute approximate surface area is 323 Å². The SMILES string of the molecule is CC(C)[Si](C#Cc1ccccc1C=C=C(c1ccc(N(c2ccc(Br)cc2)c2ccc(Br)cc2)cc1)C1CC1c1ccccc1)(C(C)C)C(C)C. The molecule has 1 nitrogen and oxygen atoms in total. The van der Waals surface area contributed by atoms with E-state index in [0.29, 0.717) is 28.5 Å². The van der Waals surface area contributed by atoms with Gasteiger partial charge in [-0.05, 0) is 124 Å². The Hall–Kier alpha value is -3.84. The molecule has 0 heterocycles. The molecule has 5 aromatic rings. The maximum Gasteiger partial charge on any atom is 0.146 e. The number of halogens is 2. The zero-order chi connectivity index (χ0) is 36.1. The molecule has 4 heteroatoms. The Morgan fingerprint density at radius 1 is 0.647 bits per heavy atom. The minimum absolute atomic E-state index is 0.407. The van der Waals surface area contributed by atoms with Crippen LogP contribution in [0.3, 0.4) is 0 Å². The molecule has 0 aromatic heterocycles. The van der Waals surface area contributed by atoms with E-state index < -0.39 is 8.07 Å². The minimum atomic E-state index is -1.86. The highest BCUT2D eigenvalue weighted by atomic mass is 79.9. The molecule has 258 valence electrons. The van der Waals surface area contributed by atoms with Crippen LogP contribution in [0.5, 0.6) is 0 Å². The highest BCUT2D eigenvalue weighted by molar-refractivity contribution is 9.10. The number of rotatable bonds is 10. The van der Waals surface area contributed by atoms with Crippen molar-refractivity contribution in [1.29, 1.82) is 0 Å². The van der Waals surface area contributed by atoms with Crippen molar-refractivity contribution in [2.75, 3.05) is 4.90 Å². The molecular formula is C47H47Br2NSi. The molecule has 0 N–H and O–H groups in total. The molecule has 1 aliphatic rings. The van der Waals surface area contributed by atoms with Crippen molar-refractivity contribution in [3.8, 4) is 11.5 Å². The lowest BCUT2D eigenvalue weighted by molar-refractivity contribution is 0.838. The van der Waals surface area contributed by atoms with Gasteiger partial charge in [0, 0.05) is 37.1 Å². The summed E-state index contributed by atoms with van der Waals surface area (Å²) in [7, 11) is -1.86. The molecule has 51 heavy (non-hydrogen) atoms. The summed E-state index contributed by atoms with van der Waals surface area (Å²) >= 11 is 7.22.